The minimum Gasteiger partial charge on any atom is -0.503 e. The van der Waals surface area contributed by atoms with Crippen LogP contribution >= 0.6 is 0 Å². The number of benzene rings is 1. The van der Waals surface area contributed by atoms with Crippen LogP contribution in [0.5, 0.6) is 5.75 Å². The molecule has 2 aromatic rings. The van der Waals surface area contributed by atoms with Gasteiger partial charge in [0, 0.05) is 55.0 Å². The first-order chi connectivity index (χ1) is 15.6. The highest BCUT2D eigenvalue weighted by atomic mass is 19.1. The summed E-state index contributed by atoms with van der Waals surface area (Å²) in [6.45, 7) is -0.646. The Labute approximate surface area is 185 Å². The molecule has 1 aromatic carbocycles. The number of likely N-dealkylation sites (N-methyl/N-ethyl adjacent to an activating group) is 1. The number of fused-ring (bicyclic) bond motifs is 2. The van der Waals surface area contributed by atoms with Crippen molar-refractivity contribution >= 4 is 12.2 Å². The van der Waals surface area contributed by atoms with E-state index in [1.165, 1.54) is 4.57 Å². The quantitative estimate of drug-likeness (QED) is 0.502. The number of piperidine rings is 1. The van der Waals surface area contributed by atoms with Crippen molar-refractivity contribution in [1.29, 1.82) is 0 Å². The van der Waals surface area contributed by atoms with Crippen molar-refractivity contribution in [3.63, 3.8) is 0 Å². The van der Waals surface area contributed by atoms with Crippen molar-refractivity contribution in [3.05, 3.63) is 62.8 Å². The van der Waals surface area contributed by atoms with Crippen LogP contribution in [0.25, 0.3) is 0 Å². The number of aromatic hydroxyl groups is 1. The van der Waals surface area contributed by atoms with Gasteiger partial charge in [-0.1, -0.05) is 0 Å². The predicted molar refractivity (Wildman–Crippen MR) is 108 cm³/mol. The van der Waals surface area contributed by atoms with Gasteiger partial charge in [0.05, 0.1) is 0 Å². The summed E-state index contributed by atoms with van der Waals surface area (Å²) in [5, 5.41) is 12.4. The molecule has 1 saturated heterocycles. The normalized spacial score (nSPS) is 24.3. The number of nitrogens with one attached hydrogen (secondary N) is 1. The predicted octanol–water partition coefficient (Wildman–Crippen LogP) is 2.14. The van der Waals surface area contributed by atoms with Gasteiger partial charge in [-0.2, -0.15) is 0 Å². The minimum atomic E-state index is -1.22. The molecule has 2 heterocycles. The van der Waals surface area contributed by atoms with Gasteiger partial charge in [-0.05, 0) is 19.9 Å². The first-order valence-electron chi connectivity index (χ1n) is 10.3. The summed E-state index contributed by atoms with van der Waals surface area (Å²) < 4.78 is 56.2. The van der Waals surface area contributed by atoms with E-state index in [1.54, 1.807) is 0 Å². The molecule has 2 N–H and O–H groups in total. The van der Waals surface area contributed by atoms with Crippen LogP contribution in [-0.2, 0) is 13.1 Å². The van der Waals surface area contributed by atoms with Crippen LogP contribution in [0, 0.1) is 23.4 Å². The SMILES string of the molecule is CN1C2CC(F)C(C2)C1Cn1cc(C(=O)NCc2c(F)cc(F)cc2F)c(=O)c(O)c1C=O. The van der Waals surface area contributed by atoms with Gasteiger partial charge in [-0.25, -0.2) is 17.6 Å². The highest BCUT2D eigenvalue weighted by Crippen LogP contribution is 2.43. The fourth-order valence-corrected chi connectivity index (χ4v) is 4.87. The lowest BCUT2D eigenvalue weighted by atomic mass is 9.97. The van der Waals surface area contributed by atoms with Gasteiger partial charge in [-0.3, -0.25) is 19.3 Å². The summed E-state index contributed by atoms with van der Waals surface area (Å²) in [4.78, 5) is 38.6. The van der Waals surface area contributed by atoms with Gasteiger partial charge in [0.15, 0.2) is 12.0 Å². The van der Waals surface area contributed by atoms with E-state index in [-0.39, 0.29) is 36.5 Å². The van der Waals surface area contributed by atoms with Crippen LogP contribution < -0.4 is 10.7 Å². The molecule has 1 aliphatic heterocycles. The third kappa shape index (κ3) is 4.01. The molecule has 4 unspecified atom stereocenters. The van der Waals surface area contributed by atoms with E-state index in [0.717, 1.165) is 6.20 Å². The Hall–Kier alpha value is -3.21. The fourth-order valence-electron chi connectivity index (χ4n) is 4.87. The Morgan fingerprint density at radius 3 is 2.52 bits per heavy atom. The lowest BCUT2D eigenvalue weighted by molar-refractivity contribution is 0.0902. The van der Waals surface area contributed by atoms with Crippen LogP contribution in [-0.4, -0.2) is 52.1 Å². The molecule has 1 aromatic heterocycles. The van der Waals surface area contributed by atoms with Crippen molar-refractivity contribution in [2.45, 2.75) is 44.2 Å². The first-order valence-corrected chi connectivity index (χ1v) is 10.3. The number of nitrogens with zero attached hydrogens (tertiary/aromatic N) is 2. The molecule has 4 atom stereocenters. The molecule has 1 saturated carbocycles. The highest BCUT2D eigenvalue weighted by Gasteiger charge is 2.50. The van der Waals surface area contributed by atoms with E-state index in [1.807, 2.05) is 11.9 Å². The number of aldehydes is 1. The van der Waals surface area contributed by atoms with Crippen molar-refractivity contribution in [3.8, 4) is 5.75 Å². The van der Waals surface area contributed by atoms with Crippen LogP contribution in [0.15, 0.2) is 23.1 Å². The van der Waals surface area contributed by atoms with Crippen molar-refractivity contribution in [2.24, 2.45) is 5.92 Å². The van der Waals surface area contributed by atoms with Crippen LogP contribution in [0.3, 0.4) is 0 Å². The molecular formula is C22H21F4N3O4. The average molecular weight is 467 g/mol. The van der Waals surface area contributed by atoms with E-state index in [9.17, 15) is 37.1 Å². The molecular weight excluding hydrogens is 446 g/mol. The number of pyridine rings is 1. The number of alkyl halides is 1. The van der Waals surface area contributed by atoms with Crippen LogP contribution in [0.1, 0.15) is 39.3 Å². The third-order valence-corrected chi connectivity index (χ3v) is 6.67. The second kappa shape index (κ2) is 8.62. The lowest BCUT2D eigenvalue weighted by Crippen LogP contribution is -2.45. The third-order valence-electron chi connectivity index (χ3n) is 6.67. The van der Waals surface area contributed by atoms with Crippen molar-refractivity contribution in [1.82, 2.24) is 14.8 Å². The monoisotopic (exact) mass is 467 g/mol. The van der Waals surface area contributed by atoms with Crippen LogP contribution in [0.4, 0.5) is 17.6 Å². The minimum absolute atomic E-state index is 0.0432. The van der Waals surface area contributed by atoms with Crippen LogP contribution in [0.2, 0.25) is 0 Å². The number of rotatable bonds is 6. The number of halogens is 4. The maximum atomic E-state index is 14.3. The molecule has 0 spiro atoms. The number of likely N-dealkylation sites (tertiary alicyclic amines) is 1. The summed E-state index contributed by atoms with van der Waals surface area (Å²) >= 11 is 0. The van der Waals surface area contributed by atoms with Crippen molar-refractivity contribution in [2.75, 3.05) is 7.05 Å². The number of carbonyl (C=O) groups excluding carboxylic acids is 2. The Morgan fingerprint density at radius 1 is 1.24 bits per heavy atom. The highest BCUT2D eigenvalue weighted by molar-refractivity contribution is 5.95. The topological polar surface area (TPSA) is 91.6 Å². The molecule has 0 radical (unpaired) electrons. The zero-order valence-corrected chi connectivity index (χ0v) is 17.5. The Kier molecular flexibility index (Phi) is 6.00. The number of amides is 1. The maximum Gasteiger partial charge on any atom is 0.257 e. The molecule has 2 aliphatic rings. The van der Waals surface area contributed by atoms with E-state index in [4.69, 9.17) is 0 Å². The molecule has 4 rings (SSSR count). The molecule has 1 amide bonds. The summed E-state index contributed by atoms with van der Waals surface area (Å²) in [7, 11) is 1.82. The summed E-state index contributed by atoms with van der Waals surface area (Å²) in [5.74, 6) is -5.87. The number of hydrogen-bond acceptors (Lipinski definition) is 5. The molecule has 2 fully saturated rings. The summed E-state index contributed by atoms with van der Waals surface area (Å²) in [6.07, 6.45) is 1.38. The average Bonchev–Trinajstić information content (AvgIpc) is 3.27. The Bertz CT molecular complexity index is 1160. The van der Waals surface area contributed by atoms with Gasteiger partial charge in [0.1, 0.15) is 34.9 Å². The lowest BCUT2D eigenvalue weighted by Gasteiger charge is -2.34. The maximum absolute atomic E-state index is 14.3. The van der Waals surface area contributed by atoms with E-state index in [2.05, 4.69) is 5.32 Å². The molecule has 7 nitrogen and oxygen atoms in total. The number of aromatic nitrogens is 1. The number of carbonyl (C=O) groups is 2. The Balaban J connectivity index is 1.61. The molecule has 33 heavy (non-hydrogen) atoms. The largest absolute Gasteiger partial charge is 0.503 e. The van der Waals surface area contributed by atoms with E-state index < -0.39 is 58.4 Å². The van der Waals surface area contributed by atoms with Gasteiger partial charge >= 0.3 is 0 Å². The van der Waals surface area contributed by atoms with Gasteiger partial charge < -0.3 is 15.0 Å². The molecule has 176 valence electrons. The van der Waals surface area contributed by atoms with E-state index in [0.29, 0.717) is 25.0 Å². The summed E-state index contributed by atoms with van der Waals surface area (Å²) in [6, 6.07) is 0.627. The zero-order valence-electron chi connectivity index (χ0n) is 17.5. The zero-order chi connectivity index (χ0) is 24.0. The molecule has 1 aliphatic carbocycles. The van der Waals surface area contributed by atoms with Gasteiger partial charge in [-0.15, -0.1) is 0 Å². The fraction of sp³-hybridized carbons (Fsp3) is 0.409. The van der Waals surface area contributed by atoms with Gasteiger partial charge in [0.2, 0.25) is 5.43 Å². The first kappa shape index (κ1) is 23.0. The summed E-state index contributed by atoms with van der Waals surface area (Å²) in [5.41, 5.74) is -2.69. The standard InChI is InChI=1S/C22H21F4N3O4/c1-28-11-4-12(17(26)5-11)18(28)8-29-7-14(20(31)21(32)19(29)9-30)22(33)27-6-13-15(24)2-10(23)3-16(13)25/h2-3,7,9,11-12,17-18,32H,4-6,8H2,1H3,(H,27,33). The van der Waals surface area contributed by atoms with E-state index >= 15 is 0 Å². The second-order valence-corrected chi connectivity index (χ2v) is 8.44. The second-order valence-electron chi connectivity index (χ2n) is 8.44. The van der Waals surface area contributed by atoms with Crippen molar-refractivity contribution < 1.29 is 32.3 Å². The molecule has 2 bridgehead atoms. The Morgan fingerprint density at radius 2 is 1.91 bits per heavy atom. The molecule has 11 heteroatoms. The number of hydrogen-bond donors (Lipinski definition) is 2. The smallest absolute Gasteiger partial charge is 0.257 e. The van der Waals surface area contributed by atoms with Gasteiger partial charge in [0.25, 0.3) is 5.91 Å².